The van der Waals surface area contributed by atoms with Crippen molar-refractivity contribution in [1.82, 2.24) is 9.99 Å². The molecular formula is C26H23N3O4. The van der Waals surface area contributed by atoms with Gasteiger partial charge < -0.3 is 14.3 Å². The minimum absolute atomic E-state index is 0.0232. The summed E-state index contributed by atoms with van der Waals surface area (Å²) in [5, 5.41) is 16.5. The summed E-state index contributed by atoms with van der Waals surface area (Å²) >= 11 is 0. The number of hydrogen-bond acceptors (Lipinski definition) is 6. The van der Waals surface area contributed by atoms with E-state index in [9.17, 15) is 9.90 Å². The summed E-state index contributed by atoms with van der Waals surface area (Å²) in [7, 11) is 1.67. The van der Waals surface area contributed by atoms with E-state index in [1.165, 1.54) is 5.01 Å². The molecule has 3 aromatic rings. The van der Waals surface area contributed by atoms with Crippen LogP contribution < -0.4 is 0 Å². The number of rotatable bonds is 5. The highest BCUT2D eigenvalue weighted by molar-refractivity contribution is 6.04. The SMILES string of the molecule is COC1C=C(c2ccc(C(=O)N3N=C(c4cccnc4)CC3c3ccccc3O)o2)C=CC1. The third-order valence-electron chi connectivity index (χ3n) is 5.84. The number of nitrogens with zero attached hydrogens (tertiary/aromatic N) is 3. The van der Waals surface area contributed by atoms with Crippen LogP contribution >= 0.6 is 0 Å². The molecule has 1 N–H and O–H groups in total. The molecule has 5 rings (SSSR count). The van der Waals surface area contributed by atoms with Crippen LogP contribution in [0, 0.1) is 0 Å². The van der Waals surface area contributed by atoms with Gasteiger partial charge in [-0.15, -0.1) is 0 Å². The second-order valence-corrected chi connectivity index (χ2v) is 7.91. The van der Waals surface area contributed by atoms with Gasteiger partial charge in [-0.3, -0.25) is 9.78 Å². The van der Waals surface area contributed by atoms with E-state index in [1.807, 2.05) is 36.4 Å². The number of furan rings is 1. The Hall–Kier alpha value is -3.97. The van der Waals surface area contributed by atoms with Crippen LogP contribution in [-0.4, -0.2) is 39.9 Å². The van der Waals surface area contributed by atoms with E-state index in [-0.39, 0.29) is 23.5 Å². The molecule has 2 atom stereocenters. The average Bonchev–Trinajstić information content (AvgIpc) is 3.53. The number of amides is 1. The monoisotopic (exact) mass is 441 g/mol. The molecule has 0 fully saturated rings. The number of phenolic OH excluding ortho intramolecular Hbond substituents is 1. The normalized spacial score (nSPS) is 20.0. The summed E-state index contributed by atoms with van der Waals surface area (Å²) in [6.45, 7) is 0. The zero-order valence-corrected chi connectivity index (χ0v) is 18.1. The largest absolute Gasteiger partial charge is 0.508 e. The molecule has 0 saturated carbocycles. The lowest BCUT2D eigenvalue weighted by atomic mass is 9.98. The molecule has 1 aliphatic carbocycles. The summed E-state index contributed by atoms with van der Waals surface area (Å²) in [4.78, 5) is 17.7. The molecule has 1 aliphatic heterocycles. The third-order valence-corrected chi connectivity index (χ3v) is 5.84. The molecule has 0 bridgehead atoms. The van der Waals surface area contributed by atoms with E-state index in [1.54, 1.807) is 49.8 Å². The van der Waals surface area contributed by atoms with Crippen LogP contribution in [-0.2, 0) is 4.74 Å². The number of hydrazone groups is 1. The van der Waals surface area contributed by atoms with Crippen LogP contribution in [0.25, 0.3) is 5.57 Å². The predicted molar refractivity (Wildman–Crippen MR) is 124 cm³/mol. The van der Waals surface area contributed by atoms with E-state index in [4.69, 9.17) is 9.15 Å². The summed E-state index contributed by atoms with van der Waals surface area (Å²) < 4.78 is 11.4. The molecular weight excluding hydrogens is 418 g/mol. The van der Waals surface area contributed by atoms with E-state index in [0.717, 1.165) is 23.3 Å². The molecule has 1 aromatic carbocycles. The van der Waals surface area contributed by atoms with E-state index >= 15 is 0 Å². The van der Waals surface area contributed by atoms with Crippen molar-refractivity contribution in [2.75, 3.05) is 7.11 Å². The number of pyridine rings is 1. The number of phenols is 1. The van der Waals surface area contributed by atoms with Crippen molar-refractivity contribution in [3.8, 4) is 5.75 Å². The van der Waals surface area contributed by atoms with Gasteiger partial charge >= 0.3 is 5.91 Å². The Morgan fingerprint density at radius 2 is 2.06 bits per heavy atom. The molecule has 1 amide bonds. The molecule has 2 unspecified atom stereocenters. The maximum atomic E-state index is 13.5. The topological polar surface area (TPSA) is 88.2 Å². The van der Waals surface area contributed by atoms with E-state index < -0.39 is 6.04 Å². The van der Waals surface area contributed by atoms with E-state index in [0.29, 0.717) is 17.7 Å². The lowest BCUT2D eigenvalue weighted by molar-refractivity contribution is 0.0676. The number of para-hydroxylation sites is 1. The van der Waals surface area contributed by atoms with Gasteiger partial charge in [0.15, 0.2) is 5.76 Å². The molecule has 7 nitrogen and oxygen atoms in total. The third kappa shape index (κ3) is 4.10. The predicted octanol–water partition coefficient (Wildman–Crippen LogP) is 4.73. The summed E-state index contributed by atoms with van der Waals surface area (Å²) in [6.07, 6.45) is 10.6. The first-order valence-corrected chi connectivity index (χ1v) is 10.7. The minimum atomic E-state index is -0.464. The second kappa shape index (κ2) is 8.88. The quantitative estimate of drug-likeness (QED) is 0.618. The fourth-order valence-electron chi connectivity index (χ4n) is 4.12. The van der Waals surface area contributed by atoms with Crippen molar-refractivity contribution >= 4 is 17.2 Å². The van der Waals surface area contributed by atoms with Gasteiger partial charge in [0.25, 0.3) is 0 Å². The highest BCUT2D eigenvalue weighted by atomic mass is 16.5. The Bertz CT molecular complexity index is 1260. The molecule has 0 spiro atoms. The number of methoxy groups -OCH3 is 1. The fourth-order valence-corrected chi connectivity index (χ4v) is 4.12. The molecule has 0 saturated heterocycles. The van der Waals surface area contributed by atoms with E-state index in [2.05, 4.69) is 10.1 Å². The number of ether oxygens (including phenoxy) is 1. The van der Waals surface area contributed by atoms with Crippen molar-refractivity contribution < 1.29 is 19.1 Å². The Morgan fingerprint density at radius 3 is 2.85 bits per heavy atom. The van der Waals surface area contributed by atoms with Gasteiger partial charge in [-0.05, 0) is 36.8 Å². The number of aromatic hydroxyl groups is 1. The number of carbonyl (C=O) groups excluding carboxylic acids is 1. The van der Waals surface area contributed by atoms with Crippen LogP contribution in [0.2, 0.25) is 0 Å². The van der Waals surface area contributed by atoms with Crippen molar-refractivity contribution in [3.05, 3.63) is 102 Å². The Morgan fingerprint density at radius 1 is 1.18 bits per heavy atom. The molecule has 3 heterocycles. The van der Waals surface area contributed by atoms with Gasteiger partial charge in [0.2, 0.25) is 0 Å². The molecule has 7 heteroatoms. The van der Waals surface area contributed by atoms with Gasteiger partial charge in [-0.25, -0.2) is 5.01 Å². The average molecular weight is 441 g/mol. The van der Waals surface area contributed by atoms with Gasteiger partial charge in [0, 0.05) is 42.6 Å². The first kappa shape index (κ1) is 20.9. The Kier molecular flexibility index (Phi) is 5.62. The van der Waals surface area contributed by atoms with Crippen LogP contribution in [0.1, 0.15) is 46.3 Å². The van der Waals surface area contributed by atoms with Gasteiger partial charge in [0.05, 0.1) is 17.9 Å². The Balaban J connectivity index is 1.48. The highest BCUT2D eigenvalue weighted by Gasteiger charge is 2.36. The Labute approximate surface area is 191 Å². The van der Waals surface area contributed by atoms with Crippen LogP contribution in [0.5, 0.6) is 5.75 Å². The number of carbonyl (C=O) groups is 1. The van der Waals surface area contributed by atoms with Crippen LogP contribution in [0.3, 0.4) is 0 Å². The summed E-state index contributed by atoms with van der Waals surface area (Å²) in [5.74, 6) is 0.504. The molecule has 33 heavy (non-hydrogen) atoms. The first-order valence-electron chi connectivity index (χ1n) is 10.7. The zero-order valence-electron chi connectivity index (χ0n) is 18.1. The standard InChI is InChI=1S/C26H23N3O4/c1-32-19-8-4-6-17(14-19)24-11-12-25(33-24)26(31)29-22(20-9-2-3-10-23(20)30)15-21(28-29)18-7-5-13-27-16-18/h2-7,9-14,16,19,22,30H,8,15H2,1H3. The van der Waals surface area contributed by atoms with Gasteiger partial charge in [0.1, 0.15) is 11.5 Å². The lowest BCUT2D eigenvalue weighted by Gasteiger charge is -2.21. The lowest BCUT2D eigenvalue weighted by Crippen LogP contribution is -2.26. The second-order valence-electron chi connectivity index (χ2n) is 7.91. The first-order chi connectivity index (χ1) is 16.1. The summed E-state index contributed by atoms with van der Waals surface area (Å²) in [5.41, 5.74) is 3.04. The van der Waals surface area contributed by atoms with Crippen molar-refractivity contribution in [1.29, 1.82) is 0 Å². The maximum absolute atomic E-state index is 13.5. The molecule has 166 valence electrons. The van der Waals surface area contributed by atoms with Gasteiger partial charge in [-0.1, -0.05) is 36.4 Å². The molecule has 0 radical (unpaired) electrons. The number of allylic oxidation sites excluding steroid dienone is 2. The van der Waals surface area contributed by atoms with Crippen LogP contribution in [0.15, 0.2) is 88.7 Å². The van der Waals surface area contributed by atoms with Crippen molar-refractivity contribution in [3.63, 3.8) is 0 Å². The van der Waals surface area contributed by atoms with Crippen molar-refractivity contribution in [2.45, 2.75) is 25.0 Å². The minimum Gasteiger partial charge on any atom is -0.508 e. The van der Waals surface area contributed by atoms with Gasteiger partial charge in [-0.2, -0.15) is 5.10 Å². The van der Waals surface area contributed by atoms with Crippen molar-refractivity contribution in [2.24, 2.45) is 5.10 Å². The maximum Gasteiger partial charge on any atom is 0.310 e. The van der Waals surface area contributed by atoms with Crippen LogP contribution in [0.4, 0.5) is 0 Å². The number of aromatic nitrogens is 1. The summed E-state index contributed by atoms with van der Waals surface area (Å²) in [6, 6.07) is 13.7. The smallest absolute Gasteiger partial charge is 0.310 e. The fraction of sp³-hybridized carbons (Fsp3) is 0.192. The zero-order chi connectivity index (χ0) is 22.8. The highest BCUT2D eigenvalue weighted by Crippen LogP contribution is 2.38. The number of benzene rings is 1. The number of hydrogen-bond donors (Lipinski definition) is 1. The molecule has 2 aliphatic rings. The molecule has 2 aromatic heterocycles.